The van der Waals surface area contributed by atoms with Crippen molar-refractivity contribution < 1.29 is 4.79 Å². The van der Waals surface area contributed by atoms with E-state index in [1.54, 1.807) is 0 Å². The second-order valence-corrected chi connectivity index (χ2v) is 9.21. The van der Waals surface area contributed by atoms with Gasteiger partial charge in [-0.1, -0.05) is 44.5 Å². The van der Waals surface area contributed by atoms with Crippen LogP contribution in [0.4, 0.5) is 0 Å². The number of fused-ring (bicyclic) bond motifs is 5. The monoisotopic (exact) mass is 318 g/mol. The molecule has 2 fully saturated rings. The number of rotatable bonds is 0. The molecule has 4 rings (SSSR count). The molecule has 0 bridgehead atoms. The zero-order valence-electron chi connectivity index (χ0n) is 14.0. The van der Waals surface area contributed by atoms with Crippen LogP contribution in [0.25, 0.3) is 0 Å². The molecular weight excluding hydrogens is 292 g/mol. The number of carbonyl (C=O) groups excluding carboxylic acids is 1. The number of halogens is 1. The van der Waals surface area contributed by atoms with E-state index >= 15 is 0 Å². The topological polar surface area (TPSA) is 17.1 Å². The van der Waals surface area contributed by atoms with Gasteiger partial charge in [-0.2, -0.15) is 0 Å². The molecule has 2 saturated carbocycles. The van der Waals surface area contributed by atoms with Crippen molar-refractivity contribution in [3.8, 4) is 0 Å². The molecule has 0 N–H and O–H groups in total. The highest BCUT2D eigenvalue weighted by Gasteiger charge is 2.58. The van der Waals surface area contributed by atoms with E-state index in [0.29, 0.717) is 35.4 Å². The lowest BCUT2D eigenvalue weighted by Crippen LogP contribution is -2.52. The molecule has 0 aromatic carbocycles. The molecule has 0 saturated heterocycles. The Bertz CT molecular complexity index is 589. The molecule has 2 heteroatoms. The molecule has 1 nitrogen and oxygen atoms in total. The van der Waals surface area contributed by atoms with Gasteiger partial charge in [-0.05, 0) is 65.8 Å². The van der Waals surface area contributed by atoms with Crippen LogP contribution in [-0.2, 0) is 4.79 Å². The Hall–Kier alpha value is -0.560. The Morgan fingerprint density at radius 3 is 2.77 bits per heavy atom. The minimum absolute atomic E-state index is 0.151. The summed E-state index contributed by atoms with van der Waals surface area (Å²) in [5, 5.41) is 1.03. The van der Waals surface area contributed by atoms with Crippen LogP contribution in [0.15, 0.2) is 22.8 Å². The minimum atomic E-state index is 0.151. The third-order valence-electron chi connectivity index (χ3n) is 7.86. The van der Waals surface area contributed by atoms with Crippen molar-refractivity contribution in [1.29, 1.82) is 0 Å². The van der Waals surface area contributed by atoms with E-state index in [2.05, 4.69) is 32.9 Å². The molecule has 0 aromatic heterocycles. The summed E-state index contributed by atoms with van der Waals surface area (Å²) >= 11 is 6.77. The van der Waals surface area contributed by atoms with Crippen molar-refractivity contribution in [1.82, 2.24) is 0 Å². The van der Waals surface area contributed by atoms with Crippen molar-refractivity contribution in [3.63, 3.8) is 0 Å². The van der Waals surface area contributed by atoms with Gasteiger partial charge in [0.25, 0.3) is 0 Å². The highest BCUT2D eigenvalue weighted by atomic mass is 35.5. The van der Waals surface area contributed by atoms with Gasteiger partial charge in [-0.3, -0.25) is 4.79 Å². The molecule has 0 amide bonds. The van der Waals surface area contributed by atoms with Gasteiger partial charge in [0.05, 0.1) is 0 Å². The van der Waals surface area contributed by atoms with Gasteiger partial charge >= 0.3 is 0 Å². The second kappa shape index (κ2) is 4.72. The van der Waals surface area contributed by atoms with Gasteiger partial charge in [0, 0.05) is 17.9 Å². The molecule has 4 aliphatic carbocycles. The Labute approximate surface area is 139 Å². The summed E-state index contributed by atoms with van der Waals surface area (Å²) in [4.78, 5) is 12.1. The third-order valence-corrected chi connectivity index (χ3v) is 8.24. The Morgan fingerprint density at radius 2 is 2.00 bits per heavy atom. The number of ketones is 1. The quantitative estimate of drug-likeness (QED) is 0.539. The van der Waals surface area contributed by atoms with E-state index in [9.17, 15) is 4.79 Å². The smallest absolute Gasteiger partial charge is 0.137 e. The first kappa shape index (κ1) is 15.0. The van der Waals surface area contributed by atoms with Gasteiger partial charge in [-0.15, -0.1) is 0 Å². The largest absolute Gasteiger partial charge is 0.299 e. The van der Waals surface area contributed by atoms with E-state index in [-0.39, 0.29) is 5.41 Å². The molecule has 3 unspecified atom stereocenters. The number of carbonyl (C=O) groups is 1. The minimum Gasteiger partial charge on any atom is -0.299 e. The van der Waals surface area contributed by atoms with Crippen LogP contribution >= 0.6 is 11.6 Å². The maximum Gasteiger partial charge on any atom is 0.137 e. The first-order valence-corrected chi connectivity index (χ1v) is 9.31. The van der Waals surface area contributed by atoms with Crippen molar-refractivity contribution in [2.45, 2.75) is 59.3 Å². The summed E-state index contributed by atoms with van der Waals surface area (Å²) in [6.45, 7) is 7.15. The van der Waals surface area contributed by atoms with Crippen LogP contribution in [0.5, 0.6) is 0 Å². The summed E-state index contributed by atoms with van der Waals surface area (Å²) in [6, 6.07) is 0. The van der Waals surface area contributed by atoms with Crippen LogP contribution in [0.3, 0.4) is 0 Å². The molecular formula is C20H27ClO. The summed E-state index contributed by atoms with van der Waals surface area (Å²) in [6.07, 6.45) is 11.1. The first-order chi connectivity index (χ1) is 10.4. The zero-order valence-corrected chi connectivity index (χ0v) is 14.7. The Morgan fingerprint density at radius 1 is 1.23 bits per heavy atom. The normalized spacial score (nSPS) is 50.6. The molecule has 0 aliphatic heterocycles. The Kier molecular flexibility index (Phi) is 3.22. The van der Waals surface area contributed by atoms with Crippen molar-refractivity contribution in [2.24, 2.45) is 34.5 Å². The SMILES string of the molecule is C[C@@H]1CC(=O)CC2=C(Cl)CC3C4CC=C[C@@]4(C)CCC3[C@]21C. The van der Waals surface area contributed by atoms with E-state index in [0.717, 1.165) is 23.8 Å². The second-order valence-electron chi connectivity index (χ2n) is 8.75. The van der Waals surface area contributed by atoms with Crippen molar-refractivity contribution in [2.75, 3.05) is 0 Å². The predicted molar refractivity (Wildman–Crippen MR) is 90.6 cm³/mol. The van der Waals surface area contributed by atoms with Crippen LogP contribution in [0.1, 0.15) is 59.3 Å². The zero-order chi connectivity index (χ0) is 15.7. The molecule has 0 heterocycles. The molecule has 0 radical (unpaired) electrons. The van der Waals surface area contributed by atoms with Crippen LogP contribution < -0.4 is 0 Å². The number of Topliss-reactive ketones (excluding diaryl/α,β-unsaturated/α-hetero) is 1. The van der Waals surface area contributed by atoms with Crippen molar-refractivity contribution in [3.05, 3.63) is 22.8 Å². The molecule has 0 aromatic rings. The number of allylic oxidation sites excluding steroid dienone is 4. The predicted octanol–water partition coefficient (Wildman–Crippen LogP) is 5.50. The molecule has 120 valence electrons. The van der Waals surface area contributed by atoms with Crippen LogP contribution in [0, 0.1) is 34.5 Å². The fourth-order valence-electron chi connectivity index (χ4n) is 6.42. The van der Waals surface area contributed by atoms with E-state index in [1.165, 1.54) is 24.8 Å². The lowest BCUT2D eigenvalue weighted by Gasteiger charge is -2.59. The average Bonchev–Trinajstić information content (AvgIpc) is 2.84. The summed E-state index contributed by atoms with van der Waals surface area (Å²) in [7, 11) is 0. The van der Waals surface area contributed by atoms with E-state index in [1.807, 2.05) is 0 Å². The van der Waals surface area contributed by atoms with Gasteiger partial charge in [0.15, 0.2) is 0 Å². The van der Waals surface area contributed by atoms with Gasteiger partial charge in [-0.25, -0.2) is 0 Å². The highest BCUT2D eigenvalue weighted by Crippen LogP contribution is 2.65. The molecule has 22 heavy (non-hydrogen) atoms. The van der Waals surface area contributed by atoms with Crippen molar-refractivity contribution >= 4 is 17.4 Å². The summed E-state index contributed by atoms with van der Waals surface area (Å²) < 4.78 is 0. The van der Waals surface area contributed by atoms with Gasteiger partial charge < -0.3 is 0 Å². The maximum atomic E-state index is 12.1. The molecule has 4 aliphatic rings. The lowest BCUT2D eigenvalue weighted by molar-refractivity contribution is -0.125. The third kappa shape index (κ3) is 1.81. The van der Waals surface area contributed by atoms with E-state index < -0.39 is 0 Å². The molecule has 0 spiro atoms. The Balaban J connectivity index is 1.79. The van der Waals surface area contributed by atoms with Gasteiger partial charge in [0.1, 0.15) is 5.78 Å². The first-order valence-electron chi connectivity index (χ1n) is 8.93. The van der Waals surface area contributed by atoms with E-state index in [4.69, 9.17) is 11.6 Å². The van der Waals surface area contributed by atoms with Crippen LogP contribution in [-0.4, -0.2) is 5.78 Å². The summed E-state index contributed by atoms with van der Waals surface area (Å²) in [5.74, 6) is 2.99. The summed E-state index contributed by atoms with van der Waals surface area (Å²) in [5.41, 5.74) is 1.84. The number of hydrogen-bond acceptors (Lipinski definition) is 1. The molecule has 6 atom stereocenters. The average molecular weight is 319 g/mol. The number of hydrogen-bond donors (Lipinski definition) is 0. The fourth-order valence-corrected chi connectivity index (χ4v) is 6.87. The maximum absolute atomic E-state index is 12.1. The van der Waals surface area contributed by atoms with Gasteiger partial charge in [0.2, 0.25) is 0 Å². The standard InChI is InChI=1S/C20H27ClO/c1-12-9-13(22)10-17-18(21)11-14-15-5-4-7-19(15,2)8-6-16(14)20(12,17)3/h4,7,12,14-16H,5-6,8-11H2,1-3H3/t12-,14?,15?,16?,19+,20-/m1/s1. The fraction of sp³-hybridized carbons (Fsp3) is 0.750. The lowest BCUT2D eigenvalue weighted by atomic mass is 9.46. The highest BCUT2D eigenvalue weighted by molar-refractivity contribution is 6.30. The van der Waals surface area contributed by atoms with Crippen LogP contribution in [0.2, 0.25) is 0 Å².